The molecule has 4 heteroatoms. The zero-order chi connectivity index (χ0) is 9.84. The first-order chi connectivity index (χ1) is 6.16. The number of nitrogens with zero attached hydrogens (tertiary/aromatic N) is 1. The van der Waals surface area contributed by atoms with Crippen molar-refractivity contribution in [2.75, 3.05) is 5.06 Å². The molecule has 1 aromatic rings. The van der Waals surface area contributed by atoms with E-state index in [1.54, 1.807) is 24.3 Å². The van der Waals surface area contributed by atoms with Gasteiger partial charge in [-0.2, -0.15) is 0 Å². The van der Waals surface area contributed by atoms with Crippen LogP contribution in [-0.4, -0.2) is 16.4 Å². The Morgan fingerprint density at radius 2 is 1.93 bits per heavy atom. The highest BCUT2D eigenvalue weighted by Gasteiger charge is 2.12. The van der Waals surface area contributed by atoms with Crippen LogP contribution in [0.3, 0.4) is 0 Å². The van der Waals surface area contributed by atoms with E-state index < -0.39 is 0 Å². The number of phenolic OH excluding ortho intramolecular Hbond substituents is 1. The molecule has 0 spiro atoms. The number of hydrogen-bond acceptors (Lipinski definition) is 3. The fourth-order valence-electron chi connectivity index (χ4n) is 1.07. The van der Waals surface area contributed by atoms with Crippen LogP contribution in [0.1, 0.15) is 20.3 Å². The van der Waals surface area contributed by atoms with Crippen LogP contribution in [0.4, 0.5) is 5.69 Å². The van der Waals surface area contributed by atoms with Gasteiger partial charge in [-0.15, -0.1) is 17.0 Å². The van der Waals surface area contributed by atoms with Gasteiger partial charge in [-0.25, -0.2) is 0 Å². The Morgan fingerprint density at radius 1 is 1.36 bits per heavy atom. The van der Waals surface area contributed by atoms with Gasteiger partial charge in [-0.05, 0) is 25.5 Å². The van der Waals surface area contributed by atoms with Crippen molar-refractivity contribution < 1.29 is 10.3 Å². The van der Waals surface area contributed by atoms with Crippen molar-refractivity contribution in [3.05, 3.63) is 24.3 Å². The number of hydroxylamine groups is 1. The van der Waals surface area contributed by atoms with E-state index in [1.807, 2.05) is 13.8 Å². The van der Waals surface area contributed by atoms with E-state index in [1.165, 1.54) is 0 Å². The normalized spacial score (nSPS) is 11.6. The maximum Gasteiger partial charge on any atom is 0.141 e. The standard InChI is InChI=1S/C10H15NO2.BrH/c1-3-8(2)11(13)9-6-4-5-7-10(9)12;/h4-8,12-13H,3H2,1-2H3;1H. The molecule has 1 atom stereocenters. The van der Waals surface area contributed by atoms with Crippen molar-refractivity contribution in [3.63, 3.8) is 0 Å². The summed E-state index contributed by atoms with van der Waals surface area (Å²) in [6.07, 6.45) is 0.824. The van der Waals surface area contributed by atoms with E-state index in [2.05, 4.69) is 0 Å². The molecule has 0 aliphatic rings. The third-order valence-electron chi connectivity index (χ3n) is 2.14. The number of para-hydroxylation sites is 2. The van der Waals surface area contributed by atoms with E-state index in [0.29, 0.717) is 5.69 Å². The number of rotatable bonds is 3. The number of benzene rings is 1. The molecule has 2 N–H and O–H groups in total. The topological polar surface area (TPSA) is 43.7 Å². The molecule has 3 nitrogen and oxygen atoms in total. The first-order valence-electron chi connectivity index (χ1n) is 4.43. The van der Waals surface area contributed by atoms with Crippen LogP contribution >= 0.6 is 17.0 Å². The van der Waals surface area contributed by atoms with Gasteiger partial charge in [0, 0.05) is 0 Å². The maximum absolute atomic E-state index is 9.64. The molecule has 0 saturated carbocycles. The molecule has 0 bridgehead atoms. The average Bonchev–Trinajstić information content (AvgIpc) is 2.16. The zero-order valence-electron chi connectivity index (χ0n) is 8.34. The van der Waals surface area contributed by atoms with E-state index in [0.717, 1.165) is 11.5 Å². The Morgan fingerprint density at radius 3 is 2.43 bits per heavy atom. The van der Waals surface area contributed by atoms with Gasteiger partial charge in [0.1, 0.15) is 11.4 Å². The van der Waals surface area contributed by atoms with Crippen LogP contribution < -0.4 is 5.06 Å². The quantitative estimate of drug-likeness (QED) is 0.823. The second kappa shape index (κ2) is 5.88. The molecule has 0 radical (unpaired) electrons. The van der Waals surface area contributed by atoms with E-state index >= 15 is 0 Å². The number of phenols is 1. The number of anilines is 1. The minimum absolute atomic E-state index is 0. The number of aromatic hydroxyl groups is 1. The summed E-state index contributed by atoms with van der Waals surface area (Å²) >= 11 is 0. The molecule has 0 aromatic heterocycles. The lowest BCUT2D eigenvalue weighted by Gasteiger charge is -2.23. The Balaban J connectivity index is 0.00000169. The summed E-state index contributed by atoms with van der Waals surface area (Å²) < 4.78 is 0. The smallest absolute Gasteiger partial charge is 0.141 e. The molecule has 0 aliphatic carbocycles. The van der Waals surface area contributed by atoms with Crippen molar-refractivity contribution in [1.29, 1.82) is 0 Å². The summed E-state index contributed by atoms with van der Waals surface area (Å²) in [5.74, 6) is 0.102. The van der Waals surface area contributed by atoms with Gasteiger partial charge in [0.05, 0.1) is 6.04 Å². The average molecular weight is 262 g/mol. The Hall–Kier alpha value is -0.740. The van der Waals surface area contributed by atoms with Crippen LogP contribution in [0, 0.1) is 0 Å². The Labute approximate surface area is 94.7 Å². The summed E-state index contributed by atoms with van der Waals surface area (Å²) in [5.41, 5.74) is 0.455. The second-order valence-corrected chi connectivity index (χ2v) is 3.09. The first-order valence-corrected chi connectivity index (χ1v) is 4.43. The Bertz CT molecular complexity index is 281. The van der Waals surface area contributed by atoms with Crippen LogP contribution in [0.15, 0.2) is 24.3 Å². The van der Waals surface area contributed by atoms with Gasteiger partial charge < -0.3 is 5.11 Å². The van der Waals surface area contributed by atoms with Gasteiger partial charge >= 0.3 is 0 Å². The van der Waals surface area contributed by atoms with Crippen LogP contribution in [0.25, 0.3) is 0 Å². The van der Waals surface area contributed by atoms with Gasteiger partial charge in [0.25, 0.3) is 0 Å². The first kappa shape index (κ1) is 13.3. The van der Waals surface area contributed by atoms with Crippen molar-refractivity contribution >= 4 is 22.7 Å². The molecule has 14 heavy (non-hydrogen) atoms. The number of hydrogen-bond donors (Lipinski definition) is 2. The summed E-state index contributed by atoms with van der Waals surface area (Å²) in [4.78, 5) is 0. The molecule has 1 aromatic carbocycles. The fourth-order valence-corrected chi connectivity index (χ4v) is 1.07. The lowest BCUT2D eigenvalue weighted by molar-refractivity contribution is 0.216. The van der Waals surface area contributed by atoms with Gasteiger partial charge in [-0.3, -0.25) is 10.3 Å². The highest BCUT2D eigenvalue weighted by atomic mass is 79.9. The minimum atomic E-state index is 0. The second-order valence-electron chi connectivity index (χ2n) is 3.09. The molecule has 1 rings (SSSR count). The molecule has 0 amide bonds. The SMILES string of the molecule is Br.CCC(C)N(O)c1ccccc1O. The zero-order valence-corrected chi connectivity index (χ0v) is 10.1. The monoisotopic (exact) mass is 261 g/mol. The largest absolute Gasteiger partial charge is 0.506 e. The predicted molar refractivity (Wildman–Crippen MR) is 62.4 cm³/mol. The minimum Gasteiger partial charge on any atom is -0.506 e. The van der Waals surface area contributed by atoms with Gasteiger partial charge in [0.15, 0.2) is 0 Å². The van der Waals surface area contributed by atoms with Crippen LogP contribution in [0.5, 0.6) is 5.75 Å². The number of halogens is 1. The fraction of sp³-hybridized carbons (Fsp3) is 0.400. The highest BCUT2D eigenvalue weighted by molar-refractivity contribution is 8.93. The van der Waals surface area contributed by atoms with Crippen LogP contribution in [-0.2, 0) is 0 Å². The predicted octanol–water partition coefficient (Wildman–Crippen LogP) is 2.96. The van der Waals surface area contributed by atoms with Crippen molar-refractivity contribution in [1.82, 2.24) is 0 Å². The maximum atomic E-state index is 9.64. The van der Waals surface area contributed by atoms with Gasteiger partial charge in [-0.1, -0.05) is 19.1 Å². The molecular formula is C10H16BrNO2. The lowest BCUT2D eigenvalue weighted by atomic mass is 10.2. The molecule has 0 fully saturated rings. The highest BCUT2D eigenvalue weighted by Crippen LogP contribution is 2.26. The van der Waals surface area contributed by atoms with Crippen molar-refractivity contribution in [2.24, 2.45) is 0 Å². The van der Waals surface area contributed by atoms with Crippen LogP contribution in [0.2, 0.25) is 0 Å². The molecule has 0 saturated heterocycles. The van der Waals surface area contributed by atoms with E-state index in [4.69, 9.17) is 0 Å². The van der Waals surface area contributed by atoms with E-state index in [-0.39, 0.29) is 28.8 Å². The van der Waals surface area contributed by atoms with Crippen molar-refractivity contribution in [3.8, 4) is 5.75 Å². The van der Waals surface area contributed by atoms with Gasteiger partial charge in [0.2, 0.25) is 0 Å². The summed E-state index contributed by atoms with van der Waals surface area (Å²) in [7, 11) is 0. The van der Waals surface area contributed by atoms with E-state index in [9.17, 15) is 10.3 Å². The summed E-state index contributed by atoms with van der Waals surface area (Å²) in [5, 5.41) is 20.2. The molecule has 1 unspecified atom stereocenters. The molecular weight excluding hydrogens is 246 g/mol. The molecule has 0 heterocycles. The Kier molecular flexibility index (Phi) is 5.57. The summed E-state index contributed by atoms with van der Waals surface area (Å²) in [6, 6.07) is 6.75. The third kappa shape index (κ3) is 2.89. The molecule has 0 aliphatic heterocycles. The molecule has 80 valence electrons. The third-order valence-corrected chi connectivity index (χ3v) is 2.14. The lowest BCUT2D eigenvalue weighted by Crippen LogP contribution is -2.28. The van der Waals surface area contributed by atoms with Crippen molar-refractivity contribution in [2.45, 2.75) is 26.3 Å². The summed E-state index contributed by atoms with van der Waals surface area (Å²) in [6.45, 7) is 3.88.